The van der Waals surface area contributed by atoms with Crippen molar-refractivity contribution in [3.8, 4) is 0 Å². The molecule has 86 valence electrons. The van der Waals surface area contributed by atoms with E-state index < -0.39 is 0 Å². The maximum absolute atomic E-state index is 9.08. The second-order valence-electron chi connectivity index (χ2n) is 4.73. The number of aryl methyl sites for hydroxylation is 2. The molecule has 0 radical (unpaired) electrons. The summed E-state index contributed by atoms with van der Waals surface area (Å²) in [5, 5.41) is 13.4. The lowest BCUT2D eigenvalue weighted by atomic mass is 9.81. The lowest BCUT2D eigenvalue weighted by Gasteiger charge is -2.30. The largest absolute Gasteiger partial charge is 0.396 e. The first-order valence-electron chi connectivity index (χ1n) is 5.26. The Morgan fingerprint density at radius 1 is 1.60 bits per heavy atom. The number of aliphatic hydroxyl groups is 1. The van der Waals surface area contributed by atoms with Crippen LogP contribution in [-0.2, 0) is 7.05 Å². The Morgan fingerprint density at radius 3 is 2.53 bits per heavy atom. The zero-order valence-electron chi connectivity index (χ0n) is 9.99. The molecule has 1 atom stereocenters. The number of aromatic nitrogens is 2. The van der Waals surface area contributed by atoms with E-state index in [0.29, 0.717) is 6.42 Å². The van der Waals surface area contributed by atoms with E-state index in [9.17, 15) is 0 Å². The van der Waals surface area contributed by atoms with Crippen LogP contribution in [0.4, 0.5) is 0 Å². The molecule has 0 saturated heterocycles. The molecule has 1 aromatic heterocycles. The molecule has 15 heavy (non-hydrogen) atoms. The molecule has 4 heteroatoms. The van der Waals surface area contributed by atoms with Crippen LogP contribution in [-0.4, -0.2) is 27.0 Å². The molecule has 1 unspecified atom stereocenters. The van der Waals surface area contributed by atoms with Gasteiger partial charge in [-0.2, -0.15) is 5.10 Å². The van der Waals surface area contributed by atoms with E-state index in [1.54, 1.807) is 4.68 Å². The summed E-state index contributed by atoms with van der Waals surface area (Å²) in [6.07, 6.45) is 2.67. The first-order valence-corrected chi connectivity index (χ1v) is 5.26. The summed E-state index contributed by atoms with van der Waals surface area (Å²) in [7, 11) is 1.90. The van der Waals surface area contributed by atoms with Crippen LogP contribution >= 0.6 is 0 Å². The van der Waals surface area contributed by atoms with Gasteiger partial charge in [0.15, 0.2) is 0 Å². The van der Waals surface area contributed by atoms with Gasteiger partial charge in [-0.3, -0.25) is 4.68 Å². The Bertz CT molecular complexity index is 325. The van der Waals surface area contributed by atoms with Crippen molar-refractivity contribution in [3.63, 3.8) is 0 Å². The minimum atomic E-state index is -0.337. The molecule has 0 aliphatic heterocycles. The minimum Gasteiger partial charge on any atom is -0.396 e. The van der Waals surface area contributed by atoms with E-state index in [4.69, 9.17) is 10.8 Å². The molecule has 0 amide bonds. The highest BCUT2D eigenvalue weighted by Crippen LogP contribution is 2.30. The molecule has 0 aliphatic carbocycles. The number of hydrogen-bond donors (Lipinski definition) is 2. The highest BCUT2D eigenvalue weighted by Gasteiger charge is 2.28. The average Bonchev–Trinajstić information content (AvgIpc) is 2.39. The molecule has 1 aromatic rings. The summed E-state index contributed by atoms with van der Waals surface area (Å²) in [5.74, 6) is 0.149. The van der Waals surface area contributed by atoms with Crippen molar-refractivity contribution in [2.24, 2.45) is 12.8 Å². The van der Waals surface area contributed by atoms with Crippen LogP contribution in [0.3, 0.4) is 0 Å². The summed E-state index contributed by atoms with van der Waals surface area (Å²) < 4.78 is 1.79. The fraction of sp³-hybridized carbons (Fsp3) is 0.727. The van der Waals surface area contributed by atoms with Crippen LogP contribution in [0.2, 0.25) is 0 Å². The van der Waals surface area contributed by atoms with Crippen molar-refractivity contribution < 1.29 is 5.11 Å². The second kappa shape index (κ2) is 4.33. The van der Waals surface area contributed by atoms with Crippen molar-refractivity contribution in [2.45, 2.75) is 38.6 Å². The van der Waals surface area contributed by atoms with Crippen molar-refractivity contribution in [2.75, 3.05) is 6.61 Å². The van der Waals surface area contributed by atoms with Crippen LogP contribution in [0, 0.1) is 6.92 Å². The van der Waals surface area contributed by atoms with Gasteiger partial charge in [-0.15, -0.1) is 0 Å². The molecule has 0 spiro atoms. The van der Waals surface area contributed by atoms with E-state index in [0.717, 1.165) is 11.3 Å². The Morgan fingerprint density at radius 2 is 2.20 bits per heavy atom. The molecule has 0 aliphatic rings. The van der Waals surface area contributed by atoms with Gasteiger partial charge >= 0.3 is 0 Å². The monoisotopic (exact) mass is 211 g/mol. The molecule has 1 rings (SSSR count). The zero-order valence-corrected chi connectivity index (χ0v) is 9.99. The average molecular weight is 211 g/mol. The van der Waals surface area contributed by atoms with E-state index >= 15 is 0 Å². The molecule has 4 nitrogen and oxygen atoms in total. The number of aliphatic hydroxyl groups excluding tert-OH is 1. The minimum absolute atomic E-state index is 0.149. The summed E-state index contributed by atoms with van der Waals surface area (Å²) in [4.78, 5) is 0. The van der Waals surface area contributed by atoms with Crippen molar-refractivity contribution in [1.82, 2.24) is 9.78 Å². The lowest BCUT2D eigenvalue weighted by molar-refractivity contribution is 0.250. The normalized spacial score (nSPS) is 14.3. The smallest absolute Gasteiger partial charge is 0.0629 e. The highest BCUT2D eigenvalue weighted by atomic mass is 16.3. The number of hydrogen-bond acceptors (Lipinski definition) is 3. The molecule has 3 N–H and O–H groups in total. The fourth-order valence-electron chi connectivity index (χ4n) is 2.02. The third-order valence-corrected chi connectivity index (χ3v) is 2.74. The number of nitrogens with zero attached hydrogens (tertiary/aromatic N) is 2. The Hall–Kier alpha value is -0.870. The van der Waals surface area contributed by atoms with Gasteiger partial charge in [0.2, 0.25) is 0 Å². The second-order valence-corrected chi connectivity index (χ2v) is 4.73. The van der Waals surface area contributed by atoms with Gasteiger partial charge in [0.05, 0.1) is 5.69 Å². The first-order chi connectivity index (χ1) is 6.86. The van der Waals surface area contributed by atoms with Gasteiger partial charge in [0.1, 0.15) is 0 Å². The molecule has 0 aromatic carbocycles. The van der Waals surface area contributed by atoms with Crippen molar-refractivity contribution >= 4 is 0 Å². The number of nitrogens with two attached hydrogens (primary N) is 1. The van der Waals surface area contributed by atoms with Crippen LogP contribution in [0.5, 0.6) is 0 Å². The maximum atomic E-state index is 9.08. The van der Waals surface area contributed by atoms with Crippen LogP contribution < -0.4 is 5.73 Å². The van der Waals surface area contributed by atoms with Gasteiger partial charge in [-0.05, 0) is 32.8 Å². The molecular formula is C11H21N3O. The third kappa shape index (κ3) is 2.79. The molecule has 0 saturated carbocycles. The quantitative estimate of drug-likeness (QED) is 0.778. The molecular weight excluding hydrogens is 190 g/mol. The van der Waals surface area contributed by atoms with Gasteiger partial charge in [-0.25, -0.2) is 0 Å². The standard InChI is InChI=1S/C11H21N3O/c1-8-9(7-14(4)13-8)10(5-6-15)11(2,3)12/h7,10,15H,5-6,12H2,1-4H3. The summed E-state index contributed by atoms with van der Waals surface area (Å²) in [5.41, 5.74) is 7.92. The van der Waals surface area contributed by atoms with Gasteiger partial charge in [0.25, 0.3) is 0 Å². The molecule has 0 bridgehead atoms. The van der Waals surface area contributed by atoms with E-state index in [-0.39, 0.29) is 18.1 Å². The lowest BCUT2D eigenvalue weighted by Crippen LogP contribution is -2.39. The summed E-state index contributed by atoms with van der Waals surface area (Å²) in [6, 6.07) is 0. The Balaban J connectivity index is 3.04. The Labute approximate surface area is 91.1 Å². The third-order valence-electron chi connectivity index (χ3n) is 2.74. The van der Waals surface area contributed by atoms with Crippen LogP contribution in [0.25, 0.3) is 0 Å². The predicted octanol–water partition coefficient (Wildman–Crippen LogP) is 0.932. The first kappa shape index (κ1) is 12.2. The van der Waals surface area contributed by atoms with E-state index in [1.165, 1.54) is 0 Å². The fourth-order valence-corrected chi connectivity index (χ4v) is 2.02. The number of rotatable bonds is 4. The maximum Gasteiger partial charge on any atom is 0.0629 e. The van der Waals surface area contributed by atoms with Crippen LogP contribution in [0.15, 0.2) is 6.20 Å². The topological polar surface area (TPSA) is 64.1 Å². The van der Waals surface area contributed by atoms with E-state index in [1.807, 2.05) is 34.0 Å². The van der Waals surface area contributed by atoms with Crippen molar-refractivity contribution in [1.29, 1.82) is 0 Å². The highest BCUT2D eigenvalue weighted by molar-refractivity contribution is 5.24. The van der Waals surface area contributed by atoms with Crippen LogP contribution in [0.1, 0.15) is 37.4 Å². The van der Waals surface area contributed by atoms with Gasteiger partial charge in [0, 0.05) is 31.3 Å². The summed E-state index contributed by atoms with van der Waals surface area (Å²) in [6.45, 7) is 6.10. The molecule has 0 fully saturated rings. The zero-order chi connectivity index (χ0) is 11.6. The predicted molar refractivity (Wildman–Crippen MR) is 60.7 cm³/mol. The SMILES string of the molecule is Cc1nn(C)cc1C(CCO)C(C)(C)N. The van der Waals surface area contributed by atoms with Crippen molar-refractivity contribution in [3.05, 3.63) is 17.5 Å². The van der Waals surface area contributed by atoms with Gasteiger partial charge < -0.3 is 10.8 Å². The molecule has 1 heterocycles. The van der Waals surface area contributed by atoms with Gasteiger partial charge in [-0.1, -0.05) is 0 Å². The summed E-state index contributed by atoms with van der Waals surface area (Å²) >= 11 is 0. The Kier molecular flexibility index (Phi) is 3.52. The van der Waals surface area contributed by atoms with E-state index in [2.05, 4.69) is 5.10 Å².